The molecule has 1 atom stereocenters. The summed E-state index contributed by atoms with van der Waals surface area (Å²) in [4.78, 5) is 17.1. The third kappa shape index (κ3) is 6.21. The van der Waals surface area contributed by atoms with E-state index in [1.807, 2.05) is 24.0 Å². The summed E-state index contributed by atoms with van der Waals surface area (Å²) in [6.45, 7) is 7.17. The molecule has 0 radical (unpaired) electrons. The van der Waals surface area contributed by atoms with Crippen LogP contribution in [0.2, 0.25) is 0 Å². The van der Waals surface area contributed by atoms with Crippen molar-refractivity contribution in [3.63, 3.8) is 0 Å². The molecule has 2 aliphatic heterocycles. The van der Waals surface area contributed by atoms with E-state index >= 15 is 0 Å². The lowest BCUT2D eigenvalue weighted by Gasteiger charge is -2.48. The number of carbonyl (C=O) groups excluding carboxylic acids is 1. The van der Waals surface area contributed by atoms with Crippen LogP contribution >= 0.6 is 0 Å². The van der Waals surface area contributed by atoms with Gasteiger partial charge in [0.2, 0.25) is 0 Å². The minimum Gasteiger partial charge on any atom is -0.382 e. The van der Waals surface area contributed by atoms with Gasteiger partial charge in [0.1, 0.15) is 5.82 Å². The number of ether oxygens (including phenoxy) is 2. The highest BCUT2D eigenvalue weighted by molar-refractivity contribution is 5.74. The van der Waals surface area contributed by atoms with Crippen molar-refractivity contribution in [3.8, 4) is 0 Å². The summed E-state index contributed by atoms with van der Waals surface area (Å²) < 4.78 is 25.0. The maximum atomic E-state index is 13.3. The van der Waals surface area contributed by atoms with Gasteiger partial charge in [0.15, 0.2) is 0 Å². The van der Waals surface area contributed by atoms with Gasteiger partial charge in [-0.15, -0.1) is 0 Å². The average Bonchev–Trinajstić information content (AvgIpc) is 3.64. The van der Waals surface area contributed by atoms with Crippen LogP contribution in [0.5, 0.6) is 0 Å². The van der Waals surface area contributed by atoms with Gasteiger partial charge in [-0.05, 0) is 69.6 Å². The van der Waals surface area contributed by atoms with Crippen LogP contribution in [0.3, 0.4) is 0 Å². The fourth-order valence-electron chi connectivity index (χ4n) is 5.14. The number of piperidine rings is 1. The summed E-state index contributed by atoms with van der Waals surface area (Å²) in [6, 6.07) is 8.09. The molecule has 4 rings (SSSR count). The number of urea groups is 1. The van der Waals surface area contributed by atoms with Gasteiger partial charge in [0.05, 0.1) is 5.60 Å². The predicted molar refractivity (Wildman–Crippen MR) is 122 cm³/mol. The Bertz CT molecular complexity index is 732. The van der Waals surface area contributed by atoms with Crippen LogP contribution in [0.25, 0.3) is 0 Å². The summed E-state index contributed by atoms with van der Waals surface area (Å²) in [5, 5.41) is 3.02. The fourth-order valence-corrected chi connectivity index (χ4v) is 5.14. The number of hydrogen-bond acceptors (Lipinski definition) is 4. The van der Waals surface area contributed by atoms with E-state index in [-0.39, 0.29) is 17.4 Å². The van der Waals surface area contributed by atoms with Crippen LogP contribution in [0.1, 0.15) is 57.4 Å². The molecular formula is C25H38FN3O3. The molecule has 32 heavy (non-hydrogen) atoms. The van der Waals surface area contributed by atoms with E-state index in [0.29, 0.717) is 31.8 Å². The van der Waals surface area contributed by atoms with Crippen LogP contribution in [0.4, 0.5) is 9.18 Å². The van der Waals surface area contributed by atoms with Gasteiger partial charge in [-0.1, -0.05) is 12.1 Å². The van der Waals surface area contributed by atoms with Crippen LogP contribution in [-0.2, 0) is 16.0 Å². The minimum atomic E-state index is -0.179. The number of carbonyl (C=O) groups is 1. The first kappa shape index (κ1) is 23.5. The molecule has 0 aromatic heterocycles. The highest BCUT2D eigenvalue weighted by Gasteiger charge is 2.44. The largest absolute Gasteiger partial charge is 0.382 e. The van der Waals surface area contributed by atoms with Crippen molar-refractivity contribution >= 4 is 6.03 Å². The number of benzene rings is 1. The lowest BCUT2D eigenvalue weighted by Crippen LogP contribution is -2.56. The SMILES string of the molecule is CCOCCCNC(=O)N1CCC2(CC1)CC(N(Cc1ccc(F)cc1)C1CC1)CCO2. The Morgan fingerprint density at radius 2 is 1.97 bits per heavy atom. The van der Waals surface area contributed by atoms with Crippen molar-refractivity contribution < 1.29 is 18.7 Å². The average molecular weight is 448 g/mol. The molecule has 3 aliphatic rings. The van der Waals surface area contributed by atoms with Crippen molar-refractivity contribution in [1.82, 2.24) is 15.1 Å². The first-order valence-corrected chi connectivity index (χ1v) is 12.3. The second-order valence-electron chi connectivity index (χ2n) is 9.48. The standard InChI is InChI=1S/C25H38FN3O3/c1-2-31-16-3-13-27-24(30)28-14-11-25(12-15-28)18-23(10-17-32-25)29(22-8-9-22)19-20-4-6-21(26)7-5-20/h4-7,22-23H,2-3,8-19H2,1H3,(H,27,30). The zero-order valence-electron chi connectivity index (χ0n) is 19.4. The van der Waals surface area contributed by atoms with E-state index in [1.165, 1.54) is 18.4 Å². The van der Waals surface area contributed by atoms with E-state index < -0.39 is 0 Å². The van der Waals surface area contributed by atoms with Gasteiger partial charge < -0.3 is 19.7 Å². The van der Waals surface area contributed by atoms with Gasteiger partial charge in [0, 0.05) is 58.1 Å². The Morgan fingerprint density at radius 1 is 1.22 bits per heavy atom. The van der Waals surface area contributed by atoms with E-state index in [2.05, 4.69) is 10.2 Å². The van der Waals surface area contributed by atoms with E-state index in [1.54, 1.807) is 12.1 Å². The molecule has 2 saturated heterocycles. The minimum absolute atomic E-state index is 0.0274. The third-order valence-electron chi connectivity index (χ3n) is 7.14. The summed E-state index contributed by atoms with van der Waals surface area (Å²) in [7, 11) is 0. The Kier molecular flexibility index (Phi) is 8.02. The molecule has 1 unspecified atom stereocenters. The smallest absolute Gasteiger partial charge is 0.317 e. The van der Waals surface area contributed by atoms with Gasteiger partial charge in [-0.2, -0.15) is 0 Å². The van der Waals surface area contributed by atoms with Crippen molar-refractivity contribution in [2.24, 2.45) is 0 Å². The van der Waals surface area contributed by atoms with Crippen LogP contribution in [0, 0.1) is 5.82 Å². The van der Waals surface area contributed by atoms with Crippen molar-refractivity contribution in [2.75, 3.05) is 39.5 Å². The molecule has 3 fully saturated rings. The normalized spacial score (nSPS) is 23.0. The Labute approximate surface area is 191 Å². The van der Waals surface area contributed by atoms with Crippen LogP contribution in [-0.4, -0.2) is 73.0 Å². The molecule has 6 nitrogen and oxygen atoms in total. The molecular weight excluding hydrogens is 409 g/mol. The maximum Gasteiger partial charge on any atom is 0.317 e. The van der Waals surface area contributed by atoms with Crippen LogP contribution in [0.15, 0.2) is 24.3 Å². The lowest BCUT2D eigenvalue weighted by atomic mass is 9.81. The number of rotatable bonds is 9. The number of halogens is 1. The topological polar surface area (TPSA) is 54.0 Å². The third-order valence-corrected chi connectivity index (χ3v) is 7.14. The van der Waals surface area contributed by atoms with E-state index in [4.69, 9.17) is 9.47 Å². The van der Waals surface area contributed by atoms with Gasteiger partial charge in [-0.3, -0.25) is 4.90 Å². The summed E-state index contributed by atoms with van der Waals surface area (Å²) in [5.74, 6) is -0.179. The number of nitrogens with one attached hydrogen (secondary N) is 1. The van der Waals surface area contributed by atoms with Crippen molar-refractivity contribution in [2.45, 2.75) is 76.1 Å². The quantitative estimate of drug-likeness (QED) is 0.583. The van der Waals surface area contributed by atoms with Crippen molar-refractivity contribution in [3.05, 3.63) is 35.6 Å². The second-order valence-corrected chi connectivity index (χ2v) is 9.48. The molecule has 1 spiro atoms. The zero-order valence-corrected chi connectivity index (χ0v) is 19.4. The maximum absolute atomic E-state index is 13.3. The monoisotopic (exact) mass is 447 g/mol. The number of hydrogen-bond donors (Lipinski definition) is 1. The fraction of sp³-hybridized carbons (Fsp3) is 0.720. The molecule has 1 aliphatic carbocycles. The van der Waals surface area contributed by atoms with Gasteiger partial charge in [-0.25, -0.2) is 9.18 Å². The Balaban J connectivity index is 1.28. The number of likely N-dealkylation sites (tertiary alicyclic amines) is 1. The molecule has 1 saturated carbocycles. The predicted octanol–water partition coefficient (Wildman–Crippen LogP) is 3.94. The Hall–Kier alpha value is -1.70. The summed E-state index contributed by atoms with van der Waals surface area (Å²) in [5.41, 5.74) is 1.06. The van der Waals surface area contributed by atoms with E-state index in [9.17, 15) is 9.18 Å². The summed E-state index contributed by atoms with van der Waals surface area (Å²) in [6.07, 6.45) is 7.20. The Morgan fingerprint density at radius 3 is 2.66 bits per heavy atom. The zero-order chi connectivity index (χ0) is 22.4. The van der Waals surface area contributed by atoms with Gasteiger partial charge in [0.25, 0.3) is 0 Å². The molecule has 1 aromatic rings. The molecule has 1 aromatic carbocycles. The first-order chi connectivity index (χ1) is 15.6. The first-order valence-electron chi connectivity index (χ1n) is 12.3. The van der Waals surface area contributed by atoms with E-state index in [0.717, 1.165) is 58.3 Å². The van der Waals surface area contributed by atoms with Crippen LogP contribution < -0.4 is 5.32 Å². The molecule has 2 amide bonds. The number of amides is 2. The second kappa shape index (κ2) is 10.9. The van der Waals surface area contributed by atoms with Gasteiger partial charge >= 0.3 is 6.03 Å². The molecule has 1 N–H and O–H groups in total. The highest BCUT2D eigenvalue weighted by atomic mass is 19.1. The molecule has 2 heterocycles. The van der Waals surface area contributed by atoms with Crippen molar-refractivity contribution in [1.29, 1.82) is 0 Å². The lowest BCUT2D eigenvalue weighted by molar-refractivity contribution is -0.131. The highest BCUT2D eigenvalue weighted by Crippen LogP contribution is 2.40. The summed E-state index contributed by atoms with van der Waals surface area (Å²) >= 11 is 0. The number of nitrogens with zero attached hydrogens (tertiary/aromatic N) is 2. The molecule has 178 valence electrons. The molecule has 0 bridgehead atoms. The molecule has 7 heteroatoms.